The van der Waals surface area contributed by atoms with Crippen molar-refractivity contribution < 1.29 is 4.74 Å². The molecule has 2 aromatic heterocycles. The van der Waals surface area contributed by atoms with Gasteiger partial charge >= 0.3 is 0 Å². The lowest BCUT2D eigenvalue weighted by atomic mass is 10.1. The molecule has 0 bridgehead atoms. The number of nitriles is 1. The quantitative estimate of drug-likeness (QED) is 0.722. The first kappa shape index (κ1) is 12.0. The molecule has 0 spiro atoms. The zero-order valence-corrected chi connectivity index (χ0v) is 11.4. The van der Waals surface area contributed by atoms with Crippen LogP contribution in [-0.4, -0.2) is 16.0 Å². The summed E-state index contributed by atoms with van der Waals surface area (Å²) in [6, 6.07) is 16.2. The van der Waals surface area contributed by atoms with Gasteiger partial charge in [-0.15, -0.1) is 0 Å². The van der Waals surface area contributed by atoms with E-state index in [0.29, 0.717) is 13.0 Å². The van der Waals surface area contributed by atoms with Gasteiger partial charge < -0.3 is 4.74 Å². The largest absolute Gasteiger partial charge is 0.491 e. The number of benzene rings is 1. The predicted octanol–water partition coefficient (Wildman–Crippen LogP) is 3.00. The van der Waals surface area contributed by atoms with Gasteiger partial charge in [0, 0.05) is 12.0 Å². The van der Waals surface area contributed by atoms with Crippen LogP contribution in [0.5, 0.6) is 5.75 Å². The highest BCUT2D eigenvalue weighted by Gasteiger charge is 2.21. The minimum Gasteiger partial charge on any atom is -0.491 e. The number of imidazole rings is 1. The number of hydrogen-bond acceptors (Lipinski definition) is 3. The van der Waals surface area contributed by atoms with Gasteiger partial charge in [0.2, 0.25) is 0 Å². The summed E-state index contributed by atoms with van der Waals surface area (Å²) in [7, 11) is 0. The third kappa shape index (κ3) is 1.78. The summed E-state index contributed by atoms with van der Waals surface area (Å²) in [5, 5.41) is 9.20. The third-order valence-corrected chi connectivity index (χ3v) is 3.83. The van der Waals surface area contributed by atoms with Crippen molar-refractivity contribution in [3.05, 3.63) is 53.9 Å². The maximum atomic E-state index is 9.20. The van der Waals surface area contributed by atoms with Crippen LogP contribution in [0, 0.1) is 11.3 Å². The van der Waals surface area contributed by atoms with Crippen molar-refractivity contribution in [3.8, 4) is 23.1 Å². The molecule has 4 rings (SSSR count). The maximum Gasteiger partial charge on any atom is 0.139 e. The van der Waals surface area contributed by atoms with Gasteiger partial charge in [-0.05, 0) is 12.1 Å². The summed E-state index contributed by atoms with van der Waals surface area (Å²) in [6.45, 7) is 0.694. The lowest BCUT2D eigenvalue weighted by molar-refractivity contribution is 0.357. The molecule has 0 radical (unpaired) electrons. The second-order valence-corrected chi connectivity index (χ2v) is 5.04. The van der Waals surface area contributed by atoms with Gasteiger partial charge in [0.1, 0.15) is 11.4 Å². The zero-order valence-electron chi connectivity index (χ0n) is 11.4. The van der Waals surface area contributed by atoms with Crippen LogP contribution in [0.3, 0.4) is 0 Å². The van der Waals surface area contributed by atoms with Gasteiger partial charge in [0.05, 0.1) is 36.2 Å². The number of pyridine rings is 1. The molecule has 102 valence electrons. The van der Waals surface area contributed by atoms with Crippen LogP contribution in [-0.2, 0) is 12.8 Å². The Labute approximate surface area is 122 Å². The highest BCUT2D eigenvalue weighted by atomic mass is 16.5. The molecule has 1 aliphatic heterocycles. The van der Waals surface area contributed by atoms with Crippen molar-refractivity contribution in [2.45, 2.75) is 12.8 Å². The SMILES string of the molecule is N#CCc1c(-c2ccccc2)nc2ccc3c(n12)CCO3. The summed E-state index contributed by atoms with van der Waals surface area (Å²) in [5.41, 5.74) is 4.87. The van der Waals surface area contributed by atoms with E-state index in [0.717, 1.165) is 40.5 Å². The Morgan fingerprint density at radius 2 is 2.05 bits per heavy atom. The zero-order chi connectivity index (χ0) is 14.2. The average Bonchev–Trinajstić information content (AvgIpc) is 3.12. The average molecular weight is 275 g/mol. The van der Waals surface area contributed by atoms with E-state index in [2.05, 4.69) is 10.5 Å². The number of fused-ring (bicyclic) bond motifs is 3. The summed E-state index contributed by atoms with van der Waals surface area (Å²) in [6.07, 6.45) is 1.19. The maximum absolute atomic E-state index is 9.20. The lowest BCUT2D eigenvalue weighted by Crippen LogP contribution is -1.99. The molecule has 0 saturated carbocycles. The Kier molecular flexibility index (Phi) is 2.65. The minimum absolute atomic E-state index is 0.335. The van der Waals surface area contributed by atoms with Crippen molar-refractivity contribution in [2.24, 2.45) is 0 Å². The molecule has 1 aliphatic rings. The molecule has 0 atom stereocenters. The molecule has 4 nitrogen and oxygen atoms in total. The molecular formula is C17H13N3O. The van der Waals surface area contributed by atoms with E-state index in [1.165, 1.54) is 0 Å². The highest BCUT2D eigenvalue weighted by Crippen LogP contribution is 2.31. The van der Waals surface area contributed by atoms with E-state index in [9.17, 15) is 5.26 Å². The Hall–Kier alpha value is -2.80. The van der Waals surface area contributed by atoms with E-state index in [1.807, 2.05) is 42.5 Å². The first-order valence-corrected chi connectivity index (χ1v) is 6.97. The van der Waals surface area contributed by atoms with E-state index in [-0.39, 0.29) is 0 Å². The molecule has 0 aliphatic carbocycles. The summed E-state index contributed by atoms with van der Waals surface area (Å²) in [4.78, 5) is 4.74. The molecule has 0 N–H and O–H groups in total. The molecular weight excluding hydrogens is 262 g/mol. The van der Waals surface area contributed by atoms with Crippen molar-refractivity contribution in [1.29, 1.82) is 5.26 Å². The molecule has 3 aromatic rings. The standard InChI is InChI=1S/C17H13N3O/c18-10-8-14-17(12-4-2-1-3-5-12)19-16-7-6-15-13(20(14)16)9-11-21-15/h1-7H,8-9,11H2. The van der Waals surface area contributed by atoms with E-state index in [4.69, 9.17) is 9.72 Å². The lowest BCUT2D eigenvalue weighted by Gasteiger charge is -2.05. The Balaban J connectivity index is 2.05. The van der Waals surface area contributed by atoms with Gasteiger partial charge in [0.25, 0.3) is 0 Å². The normalized spacial score (nSPS) is 12.9. The van der Waals surface area contributed by atoms with Crippen molar-refractivity contribution in [3.63, 3.8) is 0 Å². The first-order chi connectivity index (χ1) is 10.4. The van der Waals surface area contributed by atoms with Crippen LogP contribution in [0.1, 0.15) is 11.4 Å². The molecule has 0 amide bonds. The topological polar surface area (TPSA) is 50.3 Å². The van der Waals surface area contributed by atoms with E-state index < -0.39 is 0 Å². The van der Waals surface area contributed by atoms with Crippen LogP contribution < -0.4 is 4.74 Å². The number of rotatable bonds is 2. The number of ether oxygens (including phenoxy) is 1. The molecule has 0 saturated heterocycles. The summed E-state index contributed by atoms with van der Waals surface area (Å²) < 4.78 is 7.71. The van der Waals surface area contributed by atoms with E-state index >= 15 is 0 Å². The fraction of sp³-hybridized carbons (Fsp3) is 0.176. The van der Waals surface area contributed by atoms with Crippen molar-refractivity contribution in [1.82, 2.24) is 9.38 Å². The summed E-state index contributed by atoms with van der Waals surface area (Å²) in [5.74, 6) is 0.902. The molecule has 4 heteroatoms. The smallest absolute Gasteiger partial charge is 0.139 e. The van der Waals surface area contributed by atoms with Crippen LogP contribution in [0.4, 0.5) is 0 Å². The minimum atomic E-state index is 0.335. The second kappa shape index (κ2) is 4.64. The van der Waals surface area contributed by atoms with Gasteiger partial charge in [-0.2, -0.15) is 5.26 Å². The number of nitrogens with zero attached hydrogens (tertiary/aromatic N) is 3. The molecule has 21 heavy (non-hydrogen) atoms. The molecule has 0 fully saturated rings. The number of aromatic nitrogens is 2. The van der Waals surface area contributed by atoms with E-state index in [1.54, 1.807) is 0 Å². The summed E-state index contributed by atoms with van der Waals surface area (Å²) >= 11 is 0. The van der Waals surface area contributed by atoms with Gasteiger partial charge in [0.15, 0.2) is 0 Å². The van der Waals surface area contributed by atoms with Gasteiger partial charge in [-0.25, -0.2) is 4.98 Å². The van der Waals surface area contributed by atoms with Crippen LogP contribution in [0.15, 0.2) is 42.5 Å². The van der Waals surface area contributed by atoms with Crippen molar-refractivity contribution in [2.75, 3.05) is 6.61 Å². The predicted molar refractivity (Wildman–Crippen MR) is 79.1 cm³/mol. The van der Waals surface area contributed by atoms with Crippen LogP contribution in [0.25, 0.3) is 16.9 Å². The van der Waals surface area contributed by atoms with Gasteiger partial charge in [-0.3, -0.25) is 4.40 Å². The monoisotopic (exact) mass is 275 g/mol. The Morgan fingerprint density at radius 3 is 2.86 bits per heavy atom. The number of hydrogen-bond donors (Lipinski definition) is 0. The molecule has 3 heterocycles. The second-order valence-electron chi connectivity index (χ2n) is 5.04. The Bertz CT molecular complexity index is 859. The first-order valence-electron chi connectivity index (χ1n) is 6.97. The van der Waals surface area contributed by atoms with Crippen molar-refractivity contribution >= 4 is 5.65 Å². The van der Waals surface area contributed by atoms with Gasteiger partial charge in [-0.1, -0.05) is 30.3 Å². The Morgan fingerprint density at radius 1 is 1.19 bits per heavy atom. The van der Waals surface area contributed by atoms with Crippen LogP contribution in [0.2, 0.25) is 0 Å². The third-order valence-electron chi connectivity index (χ3n) is 3.83. The molecule has 0 unspecified atom stereocenters. The van der Waals surface area contributed by atoms with Crippen LogP contribution >= 0.6 is 0 Å². The fourth-order valence-electron chi connectivity index (χ4n) is 2.93. The highest BCUT2D eigenvalue weighted by molar-refractivity contribution is 5.68. The fourth-order valence-corrected chi connectivity index (χ4v) is 2.93. The molecule has 1 aromatic carbocycles.